The Morgan fingerprint density at radius 2 is 2.26 bits per heavy atom. The molecule has 0 radical (unpaired) electrons. The Hall–Kier alpha value is -0.800. The molecular weight excluding hydrogens is 288 g/mol. The highest BCUT2D eigenvalue weighted by atomic mass is 35.5. The second-order valence-electron chi connectivity index (χ2n) is 4.73. The van der Waals surface area contributed by atoms with Crippen LogP contribution in [0.1, 0.15) is 36.0 Å². The van der Waals surface area contributed by atoms with Gasteiger partial charge in [0.05, 0.1) is 10.6 Å². The first-order valence-corrected chi connectivity index (χ1v) is 7.37. The number of amides is 1. The van der Waals surface area contributed by atoms with Crippen LogP contribution in [0.5, 0.6) is 0 Å². The highest BCUT2D eigenvalue weighted by Gasteiger charge is 2.30. The molecule has 0 bridgehead atoms. The Kier molecular flexibility index (Phi) is 5.06. The predicted molar refractivity (Wildman–Crippen MR) is 75.4 cm³/mol. The molecule has 0 aliphatic carbocycles. The van der Waals surface area contributed by atoms with Crippen molar-refractivity contribution in [3.63, 3.8) is 0 Å². The summed E-state index contributed by atoms with van der Waals surface area (Å²) in [5.74, 6) is -0.134. The highest BCUT2D eigenvalue weighted by Crippen LogP contribution is 2.27. The molecule has 1 atom stereocenters. The fraction of sp³-hybridized carbons (Fsp3) is 0.500. The van der Waals surface area contributed by atoms with E-state index in [9.17, 15) is 9.18 Å². The minimum Gasteiger partial charge on any atom is -0.336 e. The van der Waals surface area contributed by atoms with E-state index in [1.54, 1.807) is 11.0 Å². The van der Waals surface area contributed by atoms with Gasteiger partial charge in [0, 0.05) is 18.5 Å². The van der Waals surface area contributed by atoms with Gasteiger partial charge >= 0.3 is 0 Å². The molecule has 104 valence electrons. The minimum atomic E-state index is -0.552. The Morgan fingerprint density at radius 1 is 1.47 bits per heavy atom. The van der Waals surface area contributed by atoms with Gasteiger partial charge in [0.15, 0.2) is 0 Å². The van der Waals surface area contributed by atoms with Gasteiger partial charge in [-0.2, -0.15) is 0 Å². The lowest BCUT2D eigenvalue weighted by Gasteiger charge is -2.25. The smallest absolute Gasteiger partial charge is 0.255 e. The van der Waals surface area contributed by atoms with Crippen LogP contribution in [-0.2, 0) is 0 Å². The number of hydrogen-bond donors (Lipinski definition) is 0. The summed E-state index contributed by atoms with van der Waals surface area (Å²) in [6, 6.07) is 4.54. The molecule has 1 unspecified atom stereocenters. The van der Waals surface area contributed by atoms with Crippen molar-refractivity contribution in [3.05, 3.63) is 34.6 Å². The van der Waals surface area contributed by atoms with Gasteiger partial charge in [0.25, 0.3) is 5.91 Å². The summed E-state index contributed by atoms with van der Waals surface area (Å²) in [6.45, 7) is 0.707. The van der Waals surface area contributed by atoms with Gasteiger partial charge in [0.1, 0.15) is 5.82 Å². The van der Waals surface area contributed by atoms with Crippen LogP contribution in [0.15, 0.2) is 18.2 Å². The van der Waals surface area contributed by atoms with Crippen molar-refractivity contribution in [1.82, 2.24) is 4.90 Å². The summed E-state index contributed by atoms with van der Waals surface area (Å²) in [6.07, 6.45) is 3.73. The fourth-order valence-corrected chi connectivity index (χ4v) is 2.90. The van der Waals surface area contributed by atoms with Gasteiger partial charge in [-0.05, 0) is 37.8 Å². The maximum atomic E-state index is 13.4. The van der Waals surface area contributed by atoms with E-state index in [1.807, 2.05) is 0 Å². The van der Waals surface area contributed by atoms with Crippen LogP contribution < -0.4 is 0 Å². The van der Waals surface area contributed by atoms with E-state index in [1.165, 1.54) is 12.1 Å². The molecule has 0 spiro atoms. The molecule has 1 aromatic carbocycles. The third-order valence-corrected chi connectivity index (χ3v) is 4.14. The number of halogens is 3. The summed E-state index contributed by atoms with van der Waals surface area (Å²) in [7, 11) is 0. The van der Waals surface area contributed by atoms with Crippen LogP contribution in [0.25, 0.3) is 0 Å². The van der Waals surface area contributed by atoms with Crippen molar-refractivity contribution in [2.45, 2.75) is 31.7 Å². The normalized spacial score (nSPS) is 18.9. The van der Waals surface area contributed by atoms with Crippen molar-refractivity contribution < 1.29 is 9.18 Å². The molecular formula is C14H16Cl2FNO. The molecule has 1 fully saturated rings. The van der Waals surface area contributed by atoms with E-state index in [-0.39, 0.29) is 22.5 Å². The van der Waals surface area contributed by atoms with Crippen LogP contribution in [0, 0.1) is 5.82 Å². The topological polar surface area (TPSA) is 20.3 Å². The number of alkyl halides is 1. The largest absolute Gasteiger partial charge is 0.336 e. The number of hydrogen-bond acceptors (Lipinski definition) is 1. The number of carbonyl (C=O) groups excluding carboxylic acids is 1. The lowest BCUT2D eigenvalue weighted by Crippen LogP contribution is -2.35. The number of benzene rings is 1. The summed E-state index contributed by atoms with van der Waals surface area (Å²) in [4.78, 5) is 14.2. The van der Waals surface area contributed by atoms with E-state index in [4.69, 9.17) is 23.2 Å². The zero-order chi connectivity index (χ0) is 13.8. The van der Waals surface area contributed by atoms with Gasteiger partial charge in [-0.3, -0.25) is 4.79 Å². The molecule has 2 rings (SSSR count). The van der Waals surface area contributed by atoms with Crippen LogP contribution in [0.3, 0.4) is 0 Å². The van der Waals surface area contributed by atoms with Crippen molar-refractivity contribution in [2.24, 2.45) is 0 Å². The average molecular weight is 304 g/mol. The Bertz CT molecular complexity index is 467. The third-order valence-electron chi connectivity index (χ3n) is 3.49. The fourth-order valence-electron chi connectivity index (χ4n) is 2.54. The van der Waals surface area contributed by atoms with Crippen molar-refractivity contribution >= 4 is 29.1 Å². The van der Waals surface area contributed by atoms with Gasteiger partial charge < -0.3 is 4.90 Å². The SMILES string of the molecule is O=C(c1cccc(F)c1Cl)N1CCCC1CCCCl. The number of nitrogens with zero attached hydrogens (tertiary/aromatic N) is 1. The average Bonchev–Trinajstić information content (AvgIpc) is 2.87. The molecule has 1 amide bonds. The first-order chi connectivity index (χ1) is 9.15. The maximum Gasteiger partial charge on any atom is 0.255 e. The Morgan fingerprint density at radius 3 is 3.00 bits per heavy atom. The molecule has 5 heteroatoms. The second kappa shape index (κ2) is 6.58. The van der Waals surface area contributed by atoms with Crippen LogP contribution in [0.4, 0.5) is 4.39 Å². The van der Waals surface area contributed by atoms with E-state index in [0.717, 1.165) is 25.7 Å². The van der Waals surface area contributed by atoms with Gasteiger partial charge in [-0.15, -0.1) is 11.6 Å². The zero-order valence-corrected chi connectivity index (χ0v) is 12.1. The summed E-state index contributed by atoms with van der Waals surface area (Å²) in [5, 5.41) is -0.0875. The highest BCUT2D eigenvalue weighted by molar-refractivity contribution is 6.34. The lowest BCUT2D eigenvalue weighted by atomic mass is 10.1. The molecule has 0 N–H and O–H groups in total. The summed E-state index contributed by atoms with van der Waals surface area (Å²) < 4.78 is 13.4. The first-order valence-electron chi connectivity index (χ1n) is 6.46. The lowest BCUT2D eigenvalue weighted by molar-refractivity contribution is 0.0730. The van der Waals surface area contributed by atoms with E-state index in [2.05, 4.69) is 0 Å². The molecule has 1 aliphatic rings. The van der Waals surface area contributed by atoms with Gasteiger partial charge in [0.2, 0.25) is 0 Å². The van der Waals surface area contributed by atoms with Crippen molar-refractivity contribution in [3.8, 4) is 0 Å². The predicted octanol–water partition coefficient (Wildman–Crippen LogP) is 4.10. The molecule has 1 saturated heterocycles. The molecule has 0 aromatic heterocycles. The number of carbonyl (C=O) groups is 1. The van der Waals surface area contributed by atoms with E-state index in [0.29, 0.717) is 12.4 Å². The minimum absolute atomic E-state index is 0.0875. The number of rotatable bonds is 4. The Labute approximate surface area is 122 Å². The Balaban J connectivity index is 2.16. The van der Waals surface area contributed by atoms with Gasteiger partial charge in [-0.1, -0.05) is 17.7 Å². The molecule has 1 heterocycles. The maximum absolute atomic E-state index is 13.4. The quantitative estimate of drug-likeness (QED) is 0.767. The van der Waals surface area contributed by atoms with E-state index >= 15 is 0 Å². The summed E-state index contributed by atoms with van der Waals surface area (Å²) in [5.41, 5.74) is 0.249. The molecule has 19 heavy (non-hydrogen) atoms. The van der Waals surface area contributed by atoms with Crippen LogP contribution >= 0.6 is 23.2 Å². The van der Waals surface area contributed by atoms with Crippen LogP contribution in [0.2, 0.25) is 5.02 Å². The molecule has 1 aromatic rings. The molecule has 1 aliphatic heterocycles. The zero-order valence-electron chi connectivity index (χ0n) is 10.5. The van der Waals surface area contributed by atoms with E-state index < -0.39 is 5.82 Å². The monoisotopic (exact) mass is 303 g/mol. The van der Waals surface area contributed by atoms with Gasteiger partial charge in [-0.25, -0.2) is 4.39 Å². The molecule has 2 nitrogen and oxygen atoms in total. The standard InChI is InChI=1S/C14H16Cl2FNO/c15-8-2-4-10-5-3-9-18(10)14(19)11-6-1-7-12(17)13(11)16/h1,6-7,10H,2-5,8-9H2. The third kappa shape index (κ3) is 3.21. The summed E-state index contributed by atoms with van der Waals surface area (Å²) >= 11 is 11.6. The molecule has 0 saturated carbocycles. The second-order valence-corrected chi connectivity index (χ2v) is 5.48. The van der Waals surface area contributed by atoms with Crippen molar-refractivity contribution in [2.75, 3.05) is 12.4 Å². The first kappa shape index (κ1) is 14.6. The van der Waals surface area contributed by atoms with Crippen molar-refractivity contribution in [1.29, 1.82) is 0 Å². The van der Waals surface area contributed by atoms with Crippen LogP contribution in [-0.4, -0.2) is 29.3 Å². The number of likely N-dealkylation sites (tertiary alicyclic amines) is 1.